The summed E-state index contributed by atoms with van der Waals surface area (Å²) in [7, 11) is -3.67. The molecule has 1 amide bonds. The molecule has 0 saturated carbocycles. The molecule has 162 valence electrons. The second-order valence-electron chi connectivity index (χ2n) is 7.43. The minimum absolute atomic E-state index is 0.219. The molecule has 0 bridgehead atoms. The molecule has 31 heavy (non-hydrogen) atoms. The first kappa shape index (κ1) is 22.4. The minimum atomic E-state index is -3.67. The maximum absolute atomic E-state index is 14.4. The fraction of sp³-hybridized carbons (Fsp3) is 0.318. The van der Waals surface area contributed by atoms with Crippen molar-refractivity contribution in [3.05, 3.63) is 65.0 Å². The number of carbonyl (C=O) groups excluding carboxylic acids is 2. The first-order chi connectivity index (χ1) is 14.7. The molecule has 1 heterocycles. The van der Waals surface area contributed by atoms with Crippen LogP contribution in [-0.4, -0.2) is 56.9 Å². The Kier molecular flexibility index (Phi) is 6.71. The molecular formula is C22H22FN3O4S. The fourth-order valence-electron chi connectivity index (χ4n) is 3.44. The number of halogens is 1. The highest BCUT2D eigenvalue weighted by Crippen LogP contribution is 2.22. The van der Waals surface area contributed by atoms with E-state index < -0.39 is 27.3 Å². The Labute approximate surface area is 180 Å². The number of carbonyl (C=O) groups is 2. The van der Waals surface area contributed by atoms with Crippen LogP contribution in [0, 0.1) is 17.1 Å². The van der Waals surface area contributed by atoms with Crippen LogP contribution in [-0.2, 0) is 20.4 Å². The van der Waals surface area contributed by atoms with Gasteiger partial charge in [0.2, 0.25) is 5.91 Å². The lowest BCUT2D eigenvalue weighted by atomic mass is 10.1. The molecule has 9 heteroatoms. The number of hydrogen-bond acceptors (Lipinski definition) is 6. The van der Waals surface area contributed by atoms with Crippen LogP contribution in [0.25, 0.3) is 0 Å². The summed E-state index contributed by atoms with van der Waals surface area (Å²) in [6, 6.07) is 12.5. The Bertz CT molecular complexity index is 1130. The standard InChI is InChI=1S/C22H22FN3O4S/c1-16(27)19-6-7-21(20(23)12-19)25-8-10-26(11-9-25)22(28)15-31(29,30)14-18-4-2-17(13-24)3-5-18/h2-7,12H,8-11,14-15H2,1H3. The van der Waals surface area contributed by atoms with Crippen molar-refractivity contribution in [3.63, 3.8) is 0 Å². The van der Waals surface area contributed by atoms with Crippen LogP contribution in [0.4, 0.5) is 10.1 Å². The predicted molar refractivity (Wildman–Crippen MR) is 114 cm³/mol. The average molecular weight is 444 g/mol. The number of ketones is 1. The van der Waals surface area contributed by atoms with Gasteiger partial charge in [-0.3, -0.25) is 9.59 Å². The van der Waals surface area contributed by atoms with E-state index in [4.69, 9.17) is 5.26 Å². The number of Topliss-reactive ketones (excluding diaryl/α,β-unsaturated/α-hetero) is 1. The summed E-state index contributed by atoms with van der Waals surface area (Å²) < 4.78 is 39.2. The van der Waals surface area contributed by atoms with E-state index >= 15 is 0 Å². The number of anilines is 1. The second kappa shape index (κ2) is 9.27. The second-order valence-corrected chi connectivity index (χ2v) is 9.50. The molecular weight excluding hydrogens is 421 g/mol. The molecule has 0 aliphatic carbocycles. The van der Waals surface area contributed by atoms with E-state index in [9.17, 15) is 22.4 Å². The van der Waals surface area contributed by atoms with Crippen molar-refractivity contribution in [1.29, 1.82) is 5.26 Å². The molecule has 0 N–H and O–H groups in total. The highest BCUT2D eigenvalue weighted by Gasteiger charge is 2.26. The van der Waals surface area contributed by atoms with Crippen LogP contribution in [0.5, 0.6) is 0 Å². The van der Waals surface area contributed by atoms with Gasteiger partial charge in [0.25, 0.3) is 0 Å². The highest BCUT2D eigenvalue weighted by atomic mass is 32.2. The smallest absolute Gasteiger partial charge is 0.237 e. The normalized spacial score (nSPS) is 14.2. The van der Waals surface area contributed by atoms with Gasteiger partial charge in [-0.15, -0.1) is 0 Å². The molecule has 3 rings (SSSR count). The van der Waals surface area contributed by atoms with Gasteiger partial charge < -0.3 is 9.80 Å². The van der Waals surface area contributed by atoms with Gasteiger partial charge >= 0.3 is 0 Å². The summed E-state index contributed by atoms with van der Waals surface area (Å²) in [6.45, 7) is 2.64. The molecule has 2 aromatic carbocycles. The van der Waals surface area contributed by atoms with Gasteiger partial charge in [0, 0.05) is 31.7 Å². The Hall–Kier alpha value is -3.25. The number of benzene rings is 2. The van der Waals surface area contributed by atoms with Crippen molar-refractivity contribution in [2.75, 3.05) is 36.8 Å². The lowest BCUT2D eigenvalue weighted by molar-refractivity contribution is -0.128. The molecule has 0 spiro atoms. The summed E-state index contributed by atoms with van der Waals surface area (Å²) in [5, 5.41) is 8.81. The SMILES string of the molecule is CC(=O)c1ccc(N2CCN(C(=O)CS(=O)(=O)Cc3ccc(C#N)cc3)CC2)c(F)c1. The van der Waals surface area contributed by atoms with Crippen LogP contribution in [0.1, 0.15) is 28.4 Å². The predicted octanol–water partition coefficient (Wildman–Crippen LogP) is 2.16. The molecule has 7 nitrogen and oxygen atoms in total. The monoisotopic (exact) mass is 443 g/mol. The summed E-state index contributed by atoms with van der Waals surface area (Å²) in [5.41, 5.74) is 1.59. The quantitative estimate of drug-likeness (QED) is 0.635. The summed E-state index contributed by atoms with van der Waals surface area (Å²) in [4.78, 5) is 27.1. The molecule has 0 aromatic heterocycles. The van der Waals surface area contributed by atoms with Crippen molar-refractivity contribution in [1.82, 2.24) is 4.90 Å². The van der Waals surface area contributed by atoms with Crippen molar-refractivity contribution >= 4 is 27.2 Å². The maximum atomic E-state index is 14.4. The van der Waals surface area contributed by atoms with Gasteiger partial charge in [-0.2, -0.15) is 5.26 Å². The molecule has 1 saturated heterocycles. The van der Waals surface area contributed by atoms with Crippen LogP contribution >= 0.6 is 0 Å². The van der Waals surface area contributed by atoms with E-state index in [1.54, 1.807) is 29.2 Å². The van der Waals surface area contributed by atoms with Crippen LogP contribution in [0.15, 0.2) is 42.5 Å². The van der Waals surface area contributed by atoms with Gasteiger partial charge in [-0.25, -0.2) is 12.8 Å². The van der Waals surface area contributed by atoms with E-state index in [0.717, 1.165) is 0 Å². The van der Waals surface area contributed by atoms with E-state index in [1.807, 2.05) is 6.07 Å². The van der Waals surface area contributed by atoms with E-state index in [-0.39, 0.29) is 24.6 Å². The molecule has 0 atom stereocenters. The van der Waals surface area contributed by atoms with Gasteiger partial charge in [0.15, 0.2) is 15.6 Å². The molecule has 1 fully saturated rings. The maximum Gasteiger partial charge on any atom is 0.237 e. The third-order valence-electron chi connectivity index (χ3n) is 5.14. The molecule has 1 aliphatic heterocycles. The number of nitriles is 1. The minimum Gasteiger partial charge on any atom is -0.366 e. The van der Waals surface area contributed by atoms with Crippen LogP contribution in [0.3, 0.4) is 0 Å². The van der Waals surface area contributed by atoms with E-state index in [2.05, 4.69) is 0 Å². The lowest BCUT2D eigenvalue weighted by Gasteiger charge is -2.36. The first-order valence-electron chi connectivity index (χ1n) is 9.71. The number of rotatable bonds is 6. The largest absolute Gasteiger partial charge is 0.366 e. The Balaban J connectivity index is 1.57. The van der Waals surface area contributed by atoms with Crippen molar-refractivity contribution < 1.29 is 22.4 Å². The number of amides is 1. The van der Waals surface area contributed by atoms with Crippen molar-refractivity contribution in [3.8, 4) is 6.07 Å². The zero-order valence-electron chi connectivity index (χ0n) is 17.0. The molecule has 1 aliphatic rings. The summed E-state index contributed by atoms with van der Waals surface area (Å²) in [5.74, 6) is -2.09. The Morgan fingerprint density at radius 2 is 1.71 bits per heavy atom. The van der Waals surface area contributed by atoms with Crippen LogP contribution in [0.2, 0.25) is 0 Å². The summed E-state index contributed by atoms with van der Waals surface area (Å²) in [6.07, 6.45) is 0. The first-order valence-corrected chi connectivity index (χ1v) is 11.5. The van der Waals surface area contributed by atoms with E-state index in [1.165, 1.54) is 30.0 Å². The third kappa shape index (κ3) is 5.67. The van der Waals surface area contributed by atoms with E-state index in [0.29, 0.717) is 35.5 Å². The summed E-state index contributed by atoms with van der Waals surface area (Å²) >= 11 is 0. The Morgan fingerprint density at radius 1 is 1.06 bits per heavy atom. The fourth-order valence-corrected chi connectivity index (χ4v) is 4.80. The van der Waals surface area contributed by atoms with Crippen molar-refractivity contribution in [2.45, 2.75) is 12.7 Å². The van der Waals surface area contributed by atoms with Crippen LogP contribution < -0.4 is 4.90 Å². The van der Waals surface area contributed by atoms with Gasteiger partial charge in [0.1, 0.15) is 11.6 Å². The number of sulfone groups is 1. The number of nitrogens with zero attached hydrogens (tertiary/aromatic N) is 3. The Morgan fingerprint density at radius 3 is 2.26 bits per heavy atom. The van der Waals surface area contributed by atoms with Gasteiger partial charge in [-0.1, -0.05) is 12.1 Å². The average Bonchev–Trinajstić information content (AvgIpc) is 2.73. The topological polar surface area (TPSA) is 98.6 Å². The third-order valence-corrected chi connectivity index (χ3v) is 6.60. The number of hydrogen-bond donors (Lipinski definition) is 0. The lowest BCUT2D eigenvalue weighted by Crippen LogP contribution is -2.50. The molecule has 2 aromatic rings. The van der Waals surface area contributed by atoms with Gasteiger partial charge in [0.05, 0.1) is 23.1 Å². The molecule has 0 unspecified atom stereocenters. The molecule has 0 radical (unpaired) electrons. The van der Waals surface area contributed by atoms with Gasteiger partial charge in [-0.05, 0) is 42.8 Å². The zero-order chi connectivity index (χ0) is 22.6. The number of piperazine rings is 1. The van der Waals surface area contributed by atoms with Crippen molar-refractivity contribution in [2.24, 2.45) is 0 Å². The highest BCUT2D eigenvalue weighted by molar-refractivity contribution is 7.91. The zero-order valence-corrected chi connectivity index (χ0v) is 17.9.